The van der Waals surface area contributed by atoms with Crippen molar-refractivity contribution >= 4 is 27.5 Å². The van der Waals surface area contributed by atoms with E-state index in [1.807, 2.05) is 12.1 Å². The number of rotatable bonds is 4. The molecule has 0 saturated carbocycles. The van der Waals surface area contributed by atoms with Crippen molar-refractivity contribution in [2.24, 2.45) is 0 Å². The van der Waals surface area contributed by atoms with Crippen molar-refractivity contribution in [2.45, 2.75) is 32.0 Å². The Labute approximate surface area is 134 Å². The summed E-state index contributed by atoms with van der Waals surface area (Å²) in [5, 5.41) is 4.21. The van der Waals surface area contributed by atoms with Crippen LogP contribution >= 0.6 is 27.5 Å². The van der Waals surface area contributed by atoms with Gasteiger partial charge in [0.15, 0.2) is 0 Å². The summed E-state index contributed by atoms with van der Waals surface area (Å²) in [4.78, 5) is 2.34. The lowest BCUT2D eigenvalue weighted by atomic mass is 9.98. The maximum Gasteiger partial charge on any atom is 0.0896 e. The van der Waals surface area contributed by atoms with Gasteiger partial charge >= 0.3 is 0 Å². The predicted octanol–water partition coefficient (Wildman–Crippen LogP) is 3.47. The van der Waals surface area contributed by atoms with Crippen LogP contribution in [-0.2, 0) is 4.74 Å². The molecular formula is C15H22BrClN2O. The zero-order valence-electron chi connectivity index (χ0n) is 12.2. The molecule has 0 bridgehead atoms. The molecule has 1 aliphatic rings. The highest BCUT2D eigenvalue weighted by Gasteiger charge is 2.31. The highest BCUT2D eigenvalue weighted by Crippen LogP contribution is 2.32. The lowest BCUT2D eigenvalue weighted by Gasteiger charge is -2.40. The van der Waals surface area contributed by atoms with Gasteiger partial charge in [0.05, 0.1) is 23.8 Å². The van der Waals surface area contributed by atoms with Crippen LogP contribution in [0.2, 0.25) is 5.02 Å². The van der Waals surface area contributed by atoms with Crippen LogP contribution in [-0.4, -0.2) is 43.8 Å². The van der Waals surface area contributed by atoms with E-state index in [1.54, 1.807) is 0 Å². The van der Waals surface area contributed by atoms with Gasteiger partial charge in [-0.3, -0.25) is 4.90 Å². The van der Waals surface area contributed by atoms with E-state index in [0.717, 1.165) is 29.2 Å². The molecule has 20 heavy (non-hydrogen) atoms. The van der Waals surface area contributed by atoms with E-state index in [9.17, 15) is 0 Å². The van der Waals surface area contributed by atoms with Crippen LogP contribution in [0.5, 0.6) is 0 Å². The first-order valence-corrected chi connectivity index (χ1v) is 8.16. The molecular weight excluding hydrogens is 340 g/mol. The summed E-state index contributed by atoms with van der Waals surface area (Å²) in [5.74, 6) is 0. The number of likely N-dealkylation sites (N-methyl/N-ethyl adjacent to an activating group) is 1. The molecule has 1 aliphatic heterocycles. The molecule has 0 radical (unpaired) electrons. The summed E-state index contributed by atoms with van der Waals surface area (Å²) in [7, 11) is 2.14. The summed E-state index contributed by atoms with van der Waals surface area (Å²) in [5.41, 5.74) is 1.20. The van der Waals surface area contributed by atoms with Crippen molar-refractivity contribution in [3.8, 4) is 0 Å². The van der Waals surface area contributed by atoms with E-state index in [1.165, 1.54) is 5.56 Å². The first kappa shape index (κ1) is 16.2. The summed E-state index contributed by atoms with van der Waals surface area (Å²) in [6.07, 6.45) is 0.147. The molecule has 2 atom stereocenters. The van der Waals surface area contributed by atoms with E-state index in [-0.39, 0.29) is 12.1 Å². The molecule has 112 valence electrons. The molecule has 2 unspecified atom stereocenters. The molecule has 0 amide bonds. The molecule has 0 aromatic heterocycles. The second-order valence-electron chi connectivity index (χ2n) is 5.57. The highest BCUT2D eigenvalue weighted by atomic mass is 79.9. The minimum atomic E-state index is 0.147. The predicted molar refractivity (Wildman–Crippen MR) is 87.4 cm³/mol. The van der Waals surface area contributed by atoms with Gasteiger partial charge in [-0.1, -0.05) is 31.5 Å². The summed E-state index contributed by atoms with van der Waals surface area (Å²) < 4.78 is 6.91. The molecule has 1 N–H and O–H groups in total. The standard InChI is InChI=1S/C15H22BrClN2O/c1-10(2)18-9-14-15(19(3)6-7-20-14)11-4-5-12(16)13(17)8-11/h4-5,8,10,14-15,18H,6-7,9H2,1-3H3. The fraction of sp³-hybridized carbons (Fsp3) is 0.600. The monoisotopic (exact) mass is 360 g/mol. The van der Waals surface area contributed by atoms with Gasteiger partial charge in [0, 0.05) is 23.6 Å². The third kappa shape index (κ3) is 3.95. The Balaban J connectivity index is 2.20. The van der Waals surface area contributed by atoms with Crippen LogP contribution in [0.25, 0.3) is 0 Å². The van der Waals surface area contributed by atoms with Crippen molar-refractivity contribution in [3.05, 3.63) is 33.3 Å². The van der Waals surface area contributed by atoms with E-state index in [0.29, 0.717) is 6.04 Å². The Morgan fingerprint density at radius 2 is 2.25 bits per heavy atom. The van der Waals surface area contributed by atoms with Crippen molar-refractivity contribution in [2.75, 3.05) is 26.7 Å². The van der Waals surface area contributed by atoms with Gasteiger partial charge < -0.3 is 10.1 Å². The van der Waals surface area contributed by atoms with Crippen molar-refractivity contribution in [1.29, 1.82) is 0 Å². The molecule has 3 nitrogen and oxygen atoms in total. The number of ether oxygens (including phenoxy) is 1. The van der Waals surface area contributed by atoms with Gasteiger partial charge in [-0.05, 0) is 40.7 Å². The van der Waals surface area contributed by atoms with E-state index in [4.69, 9.17) is 16.3 Å². The molecule has 1 saturated heterocycles. The van der Waals surface area contributed by atoms with Gasteiger partial charge in [-0.2, -0.15) is 0 Å². The molecule has 1 aromatic carbocycles. The van der Waals surface area contributed by atoms with Crippen LogP contribution < -0.4 is 5.32 Å². The topological polar surface area (TPSA) is 24.5 Å². The first-order chi connectivity index (χ1) is 9.49. The number of morpholine rings is 1. The van der Waals surface area contributed by atoms with E-state index < -0.39 is 0 Å². The van der Waals surface area contributed by atoms with Crippen molar-refractivity contribution in [1.82, 2.24) is 10.2 Å². The number of nitrogens with one attached hydrogen (secondary N) is 1. The molecule has 5 heteroatoms. The highest BCUT2D eigenvalue weighted by molar-refractivity contribution is 9.10. The zero-order valence-corrected chi connectivity index (χ0v) is 14.5. The number of halogens is 2. The Bertz CT molecular complexity index is 455. The first-order valence-electron chi connectivity index (χ1n) is 6.99. The smallest absolute Gasteiger partial charge is 0.0896 e. The quantitative estimate of drug-likeness (QED) is 0.888. The normalized spacial score (nSPS) is 24.3. The molecule has 1 aromatic rings. The number of benzene rings is 1. The Morgan fingerprint density at radius 1 is 1.50 bits per heavy atom. The zero-order chi connectivity index (χ0) is 14.7. The minimum absolute atomic E-state index is 0.147. The lowest BCUT2D eigenvalue weighted by Crippen LogP contribution is -2.48. The second kappa shape index (κ2) is 7.23. The van der Waals surface area contributed by atoms with E-state index >= 15 is 0 Å². The average molecular weight is 362 g/mol. The Kier molecular flexibility index (Phi) is 5.87. The number of hydrogen-bond acceptors (Lipinski definition) is 3. The van der Waals surface area contributed by atoms with E-state index in [2.05, 4.69) is 53.1 Å². The fourth-order valence-corrected chi connectivity index (χ4v) is 2.99. The third-order valence-electron chi connectivity index (χ3n) is 3.62. The van der Waals surface area contributed by atoms with Crippen molar-refractivity contribution in [3.63, 3.8) is 0 Å². The summed E-state index contributed by atoms with van der Waals surface area (Å²) in [6.45, 7) is 6.87. The fourth-order valence-electron chi connectivity index (χ4n) is 2.55. The second-order valence-corrected chi connectivity index (χ2v) is 6.83. The van der Waals surface area contributed by atoms with Crippen molar-refractivity contribution < 1.29 is 4.74 Å². The SMILES string of the molecule is CC(C)NCC1OCCN(C)C1c1ccc(Br)c(Cl)c1. The molecule has 0 spiro atoms. The Morgan fingerprint density at radius 3 is 2.90 bits per heavy atom. The molecule has 1 heterocycles. The molecule has 0 aliphatic carbocycles. The van der Waals surface area contributed by atoms with Gasteiger partial charge in [0.25, 0.3) is 0 Å². The summed E-state index contributed by atoms with van der Waals surface area (Å²) in [6, 6.07) is 6.85. The number of hydrogen-bond donors (Lipinski definition) is 1. The largest absolute Gasteiger partial charge is 0.374 e. The van der Waals surface area contributed by atoms with Crippen LogP contribution in [0.15, 0.2) is 22.7 Å². The third-order valence-corrected chi connectivity index (χ3v) is 4.85. The van der Waals surface area contributed by atoms with Crippen LogP contribution in [0.4, 0.5) is 0 Å². The average Bonchev–Trinajstić information content (AvgIpc) is 2.40. The lowest BCUT2D eigenvalue weighted by molar-refractivity contribution is -0.0620. The van der Waals surface area contributed by atoms with Gasteiger partial charge in [0.1, 0.15) is 0 Å². The van der Waals surface area contributed by atoms with Crippen LogP contribution in [0, 0.1) is 0 Å². The summed E-state index contributed by atoms with van der Waals surface area (Å²) >= 11 is 9.68. The van der Waals surface area contributed by atoms with Crippen LogP contribution in [0.1, 0.15) is 25.5 Å². The maximum atomic E-state index is 6.23. The molecule has 1 fully saturated rings. The van der Waals surface area contributed by atoms with Gasteiger partial charge in [0.2, 0.25) is 0 Å². The van der Waals surface area contributed by atoms with Crippen LogP contribution in [0.3, 0.4) is 0 Å². The molecule has 2 rings (SSSR count). The van der Waals surface area contributed by atoms with Gasteiger partial charge in [-0.25, -0.2) is 0 Å². The van der Waals surface area contributed by atoms with Gasteiger partial charge in [-0.15, -0.1) is 0 Å². The number of nitrogens with zero attached hydrogens (tertiary/aromatic N) is 1. The minimum Gasteiger partial charge on any atom is -0.374 e. The maximum absolute atomic E-state index is 6.23. The Hall–Kier alpha value is -0.130.